The van der Waals surface area contributed by atoms with Crippen molar-refractivity contribution in [3.63, 3.8) is 0 Å². The molecule has 0 aliphatic carbocycles. The number of hydrogen-bond donors (Lipinski definition) is 0. The van der Waals surface area contributed by atoms with Gasteiger partial charge in [-0.1, -0.05) is 37.1 Å². The normalized spacial score (nSPS) is 16.7. The highest BCUT2D eigenvalue weighted by Crippen LogP contribution is 2.15. The SMILES string of the molecule is CCCCS(=O)(=O)N1CCCN(C(=O)Cc2ccc(C)cc2C)CC1. The van der Waals surface area contributed by atoms with E-state index in [1.54, 1.807) is 4.31 Å². The van der Waals surface area contributed by atoms with E-state index in [0.717, 1.165) is 17.5 Å². The van der Waals surface area contributed by atoms with Crippen LogP contribution in [0.1, 0.15) is 42.9 Å². The Labute approximate surface area is 152 Å². The molecule has 25 heavy (non-hydrogen) atoms. The van der Waals surface area contributed by atoms with Crippen LogP contribution in [0, 0.1) is 13.8 Å². The molecule has 0 unspecified atom stereocenters. The molecule has 0 bridgehead atoms. The van der Waals surface area contributed by atoms with E-state index in [2.05, 4.69) is 6.07 Å². The fourth-order valence-corrected chi connectivity index (χ4v) is 4.87. The molecule has 1 aliphatic rings. The van der Waals surface area contributed by atoms with Gasteiger partial charge in [0, 0.05) is 26.2 Å². The minimum absolute atomic E-state index is 0.0831. The van der Waals surface area contributed by atoms with Crippen LogP contribution in [0.3, 0.4) is 0 Å². The molecule has 0 radical (unpaired) electrons. The molecule has 1 aromatic carbocycles. The van der Waals surface area contributed by atoms with Crippen molar-refractivity contribution in [3.8, 4) is 0 Å². The molecule has 0 N–H and O–H groups in total. The van der Waals surface area contributed by atoms with Crippen molar-refractivity contribution >= 4 is 15.9 Å². The van der Waals surface area contributed by atoms with E-state index < -0.39 is 10.0 Å². The molecule has 6 heteroatoms. The Bertz CT molecular complexity index is 701. The molecule has 0 spiro atoms. The van der Waals surface area contributed by atoms with E-state index in [0.29, 0.717) is 45.4 Å². The van der Waals surface area contributed by atoms with Gasteiger partial charge in [-0.05, 0) is 37.8 Å². The number of hydrogen-bond acceptors (Lipinski definition) is 3. The monoisotopic (exact) mass is 366 g/mol. The number of amides is 1. The lowest BCUT2D eigenvalue weighted by atomic mass is 10.0. The molecular formula is C19H30N2O3S. The van der Waals surface area contributed by atoms with E-state index >= 15 is 0 Å². The Morgan fingerprint density at radius 1 is 1.12 bits per heavy atom. The lowest BCUT2D eigenvalue weighted by Crippen LogP contribution is -2.38. The van der Waals surface area contributed by atoms with Crippen molar-refractivity contribution in [1.29, 1.82) is 0 Å². The second kappa shape index (κ2) is 8.81. The molecule has 1 aromatic rings. The Morgan fingerprint density at radius 3 is 2.56 bits per heavy atom. The van der Waals surface area contributed by atoms with Crippen molar-refractivity contribution < 1.29 is 13.2 Å². The van der Waals surface area contributed by atoms with Gasteiger partial charge < -0.3 is 4.90 Å². The average Bonchev–Trinajstić information content (AvgIpc) is 2.82. The van der Waals surface area contributed by atoms with Gasteiger partial charge in [0.05, 0.1) is 12.2 Å². The summed E-state index contributed by atoms with van der Waals surface area (Å²) in [5.74, 6) is 0.291. The molecule has 1 amide bonds. The second-order valence-corrected chi connectivity index (χ2v) is 9.00. The first-order valence-electron chi connectivity index (χ1n) is 9.15. The number of rotatable bonds is 6. The first-order valence-corrected chi connectivity index (χ1v) is 10.8. The standard InChI is InChI=1S/C19H30N2O3S/c1-4-5-13-25(23,24)21-10-6-9-20(11-12-21)19(22)15-18-8-7-16(2)14-17(18)3/h7-8,14H,4-6,9-13,15H2,1-3H3. The van der Waals surface area contributed by atoms with E-state index in [4.69, 9.17) is 0 Å². The van der Waals surface area contributed by atoms with Crippen molar-refractivity contribution in [1.82, 2.24) is 9.21 Å². The van der Waals surface area contributed by atoms with E-state index in [-0.39, 0.29) is 11.7 Å². The molecule has 1 saturated heterocycles. The molecule has 1 heterocycles. The lowest BCUT2D eigenvalue weighted by Gasteiger charge is -2.22. The van der Waals surface area contributed by atoms with E-state index in [1.165, 1.54) is 5.56 Å². The van der Waals surface area contributed by atoms with Crippen molar-refractivity contribution in [2.24, 2.45) is 0 Å². The molecule has 0 atom stereocenters. The summed E-state index contributed by atoms with van der Waals surface area (Å²) in [6.45, 7) is 8.09. The second-order valence-electron chi connectivity index (χ2n) is 6.91. The highest BCUT2D eigenvalue weighted by molar-refractivity contribution is 7.89. The number of benzene rings is 1. The average molecular weight is 367 g/mol. The van der Waals surface area contributed by atoms with Crippen molar-refractivity contribution in [2.45, 2.75) is 46.5 Å². The summed E-state index contributed by atoms with van der Waals surface area (Å²) in [4.78, 5) is 14.5. The predicted octanol–water partition coefficient (Wildman–Crippen LogP) is 2.51. The number of carbonyl (C=O) groups excluding carboxylic acids is 1. The number of unbranched alkanes of at least 4 members (excludes halogenated alkanes) is 1. The third-order valence-electron chi connectivity index (χ3n) is 4.80. The van der Waals surface area contributed by atoms with Gasteiger partial charge >= 0.3 is 0 Å². The zero-order valence-electron chi connectivity index (χ0n) is 15.6. The van der Waals surface area contributed by atoms with Gasteiger partial charge in [0.1, 0.15) is 0 Å². The lowest BCUT2D eigenvalue weighted by molar-refractivity contribution is -0.130. The van der Waals surface area contributed by atoms with Crippen LogP contribution in [-0.2, 0) is 21.2 Å². The summed E-state index contributed by atoms with van der Waals surface area (Å²) in [5.41, 5.74) is 3.37. The maximum atomic E-state index is 12.6. The molecule has 1 fully saturated rings. The molecular weight excluding hydrogens is 336 g/mol. The van der Waals surface area contributed by atoms with Gasteiger partial charge in [0.25, 0.3) is 0 Å². The molecule has 140 valence electrons. The minimum atomic E-state index is -3.19. The van der Waals surface area contributed by atoms with Crippen LogP contribution in [-0.4, -0.2) is 55.5 Å². The van der Waals surface area contributed by atoms with Crippen LogP contribution in [0.25, 0.3) is 0 Å². The van der Waals surface area contributed by atoms with Gasteiger partial charge in [-0.2, -0.15) is 0 Å². The quantitative estimate of drug-likeness (QED) is 0.777. The molecule has 1 aliphatic heterocycles. The number of sulfonamides is 1. The molecule has 5 nitrogen and oxygen atoms in total. The third-order valence-corrected chi connectivity index (χ3v) is 6.75. The fourth-order valence-electron chi connectivity index (χ4n) is 3.20. The zero-order chi connectivity index (χ0) is 18.4. The summed E-state index contributed by atoms with van der Waals surface area (Å²) in [5, 5.41) is 0. The summed E-state index contributed by atoms with van der Waals surface area (Å²) < 4.78 is 26.3. The van der Waals surface area contributed by atoms with E-state index in [1.807, 2.05) is 37.8 Å². The topological polar surface area (TPSA) is 57.7 Å². The minimum Gasteiger partial charge on any atom is -0.341 e. The maximum absolute atomic E-state index is 12.6. The van der Waals surface area contributed by atoms with Gasteiger partial charge in [-0.15, -0.1) is 0 Å². The van der Waals surface area contributed by atoms with Crippen LogP contribution < -0.4 is 0 Å². The van der Waals surface area contributed by atoms with Gasteiger partial charge in [-0.3, -0.25) is 4.79 Å². The largest absolute Gasteiger partial charge is 0.341 e. The van der Waals surface area contributed by atoms with Crippen LogP contribution in [0.2, 0.25) is 0 Å². The van der Waals surface area contributed by atoms with Crippen LogP contribution >= 0.6 is 0 Å². The highest BCUT2D eigenvalue weighted by atomic mass is 32.2. The van der Waals surface area contributed by atoms with Crippen molar-refractivity contribution in [2.75, 3.05) is 31.9 Å². The van der Waals surface area contributed by atoms with Crippen LogP contribution in [0.5, 0.6) is 0 Å². The predicted molar refractivity (Wildman–Crippen MR) is 101 cm³/mol. The Hall–Kier alpha value is -1.40. The third kappa shape index (κ3) is 5.54. The van der Waals surface area contributed by atoms with Crippen LogP contribution in [0.4, 0.5) is 0 Å². The Morgan fingerprint density at radius 2 is 1.88 bits per heavy atom. The smallest absolute Gasteiger partial charge is 0.227 e. The number of aryl methyl sites for hydroxylation is 2. The summed E-state index contributed by atoms with van der Waals surface area (Å²) in [6, 6.07) is 6.13. The number of nitrogens with zero attached hydrogens (tertiary/aromatic N) is 2. The molecule has 2 rings (SSSR count). The number of carbonyl (C=O) groups is 1. The summed E-state index contributed by atoms with van der Waals surface area (Å²) in [7, 11) is -3.19. The van der Waals surface area contributed by atoms with Gasteiger partial charge in [-0.25, -0.2) is 12.7 Å². The Kier molecular flexibility index (Phi) is 7.02. The first kappa shape index (κ1) is 19.9. The fraction of sp³-hybridized carbons (Fsp3) is 0.632. The molecule has 0 aromatic heterocycles. The highest BCUT2D eigenvalue weighted by Gasteiger charge is 2.26. The van der Waals surface area contributed by atoms with Crippen molar-refractivity contribution in [3.05, 3.63) is 34.9 Å². The first-order chi connectivity index (χ1) is 11.8. The Balaban J connectivity index is 1.97. The van der Waals surface area contributed by atoms with E-state index in [9.17, 15) is 13.2 Å². The maximum Gasteiger partial charge on any atom is 0.227 e. The summed E-state index contributed by atoms with van der Waals surface area (Å²) in [6.07, 6.45) is 2.64. The van der Waals surface area contributed by atoms with Crippen LogP contribution in [0.15, 0.2) is 18.2 Å². The zero-order valence-corrected chi connectivity index (χ0v) is 16.4. The summed E-state index contributed by atoms with van der Waals surface area (Å²) >= 11 is 0. The van der Waals surface area contributed by atoms with Gasteiger partial charge in [0.2, 0.25) is 15.9 Å². The van der Waals surface area contributed by atoms with Gasteiger partial charge in [0.15, 0.2) is 0 Å². The molecule has 0 saturated carbocycles.